The van der Waals surface area contributed by atoms with Crippen LogP contribution in [0.5, 0.6) is 0 Å². The second kappa shape index (κ2) is 6.71. The van der Waals surface area contributed by atoms with E-state index in [1.54, 1.807) is 11.8 Å². The van der Waals surface area contributed by atoms with Crippen LogP contribution in [0, 0.1) is 11.8 Å². The smallest absolute Gasteiger partial charge is 0.101 e. The highest BCUT2D eigenvalue weighted by atomic mass is 16.5. The number of hydrogen-bond donors (Lipinski definition) is 0. The van der Waals surface area contributed by atoms with Gasteiger partial charge in [0.2, 0.25) is 0 Å². The maximum atomic E-state index is 5.82. The van der Waals surface area contributed by atoms with Crippen molar-refractivity contribution in [3.63, 3.8) is 0 Å². The van der Waals surface area contributed by atoms with Gasteiger partial charge in [-0.05, 0) is 59.6 Å². The van der Waals surface area contributed by atoms with E-state index in [0.717, 1.165) is 5.92 Å². The highest BCUT2D eigenvalue weighted by molar-refractivity contribution is 5.69. The molecule has 2 fully saturated rings. The van der Waals surface area contributed by atoms with Crippen LogP contribution in [0.1, 0.15) is 44.6 Å². The third-order valence-electron chi connectivity index (χ3n) is 6.55. The van der Waals surface area contributed by atoms with Crippen LogP contribution in [0.15, 0.2) is 67.4 Å². The zero-order valence-electron chi connectivity index (χ0n) is 15.2. The average molecular weight is 332 g/mol. The van der Waals surface area contributed by atoms with E-state index >= 15 is 0 Å². The summed E-state index contributed by atoms with van der Waals surface area (Å²) in [7, 11) is 0. The lowest BCUT2D eigenvalue weighted by molar-refractivity contribution is 0.0639. The van der Waals surface area contributed by atoms with Crippen molar-refractivity contribution in [3.05, 3.63) is 73.0 Å². The van der Waals surface area contributed by atoms with Crippen LogP contribution in [-0.2, 0) is 10.2 Å². The van der Waals surface area contributed by atoms with Crippen LogP contribution in [0.2, 0.25) is 0 Å². The Labute approximate surface area is 151 Å². The summed E-state index contributed by atoms with van der Waals surface area (Å²) in [5.74, 6) is 1.41. The molecule has 0 aromatic heterocycles. The lowest BCUT2D eigenvalue weighted by Gasteiger charge is -2.41. The first-order valence-electron chi connectivity index (χ1n) is 9.70. The molecule has 2 aliphatic carbocycles. The number of benzene rings is 2. The summed E-state index contributed by atoms with van der Waals surface area (Å²) < 4.78 is 5.82. The van der Waals surface area contributed by atoms with E-state index in [-0.39, 0.29) is 0 Å². The molecule has 0 N–H and O–H groups in total. The SMILES string of the molecule is C=COC1CC2CC1CC2(CCC)c1ccccc1-c1ccccc1. The molecule has 0 aliphatic heterocycles. The lowest BCUT2D eigenvalue weighted by Crippen LogP contribution is -2.37. The highest BCUT2D eigenvalue weighted by Gasteiger charge is 2.56. The Morgan fingerprint density at radius 2 is 1.84 bits per heavy atom. The fraction of sp³-hybridized carbons (Fsp3) is 0.417. The van der Waals surface area contributed by atoms with Gasteiger partial charge in [0.05, 0.1) is 6.26 Å². The van der Waals surface area contributed by atoms with Gasteiger partial charge in [-0.25, -0.2) is 0 Å². The van der Waals surface area contributed by atoms with Gasteiger partial charge < -0.3 is 4.74 Å². The van der Waals surface area contributed by atoms with Gasteiger partial charge in [-0.3, -0.25) is 0 Å². The topological polar surface area (TPSA) is 9.23 Å². The maximum Gasteiger partial charge on any atom is 0.101 e. The van der Waals surface area contributed by atoms with E-state index in [0.29, 0.717) is 17.4 Å². The molecule has 4 unspecified atom stereocenters. The summed E-state index contributed by atoms with van der Waals surface area (Å²) in [4.78, 5) is 0. The van der Waals surface area contributed by atoms with E-state index in [4.69, 9.17) is 4.74 Å². The molecular weight excluding hydrogens is 304 g/mol. The molecule has 1 heteroatoms. The highest BCUT2D eigenvalue weighted by Crippen LogP contribution is 2.61. The van der Waals surface area contributed by atoms with E-state index < -0.39 is 0 Å². The van der Waals surface area contributed by atoms with Crippen LogP contribution >= 0.6 is 0 Å². The molecular formula is C24H28O. The van der Waals surface area contributed by atoms with Gasteiger partial charge in [0, 0.05) is 0 Å². The van der Waals surface area contributed by atoms with Crippen molar-refractivity contribution in [2.75, 3.05) is 0 Å². The Morgan fingerprint density at radius 1 is 1.08 bits per heavy atom. The second-order valence-corrected chi connectivity index (χ2v) is 7.79. The Kier molecular flexibility index (Phi) is 4.41. The van der Waals surface area contributed by atoms with Crippen molar-refractivity contribution in [1.29, 1.82) is 0 Å². The molecule has 2 bridgehead atoms. The minimum absolute atomic E-state index is 0.312. The zero-order valence-corrected chi connectivity index (χ0v) is 15.2. The van der Waals surface area contributed by atoms with Crippen LogP contribution in [0.4, 0.5) is 0 Å². The van der Waals surface area contributed by atoms with Gasteiger partial charge in [-0.2, -0.15) is 0 Å². The van der Waals surface area contributed by atoms with Crippen LogP contribution in [0.25, 0.3) is 11.1 Å². The fourth-order valence-corrected chi connectivity index (χ4v) is 5.68. The largest absolute Gasteiger partial charge is 0.498 e. The second-order valence-electron chi connectivity index (χ2n) is 7.79. The predicted molar refractivity (Wildman–Crippen MR) is 104 cm³/mol. The fourth-order valence-electron chi connectivity index (χ4n) is 5.68. The molecule has 2 aliphatic rings. The van der Waals surface area contributed by atoms with Gasteiger partial charge in [0.25, 0.3) is 0 Å². The summed E-state index contributed by atoms with van der Waals surface area (Å²) in [6.45, 7) is 6.10. The minimum atomic E-state index is 0.312. The Bertz CT molecular complexity index is 735. The van der Waals surface area contributed by atoms with Crippen molar-refractivity contribution in [1.82, 2.24) is 0 Å². The standard InChI is InChI=1S/C24H28O/c1-3-14-24(17-19-15-20(24)16-23(19)25-4-2)22-13-9-8-12-21(22)18-10-6-5-7-11-18/h4-13,19-20,23H,2-3,14-17H2,1H3. The third kappa shape index (κ3) is 2.70. The Hall–Kier alpha value is -2.02. The van der Waals surface area contributed by atoms with Crippen molar-refractivity contribution in [2.24, 2.45) is 11.8 Å². The minimum Gasteiger partial charge on any atom is -0.498 e. The molecule has 0 radical (unpaired) electrons. The Balaban J connectivity index is 1.76. The molecule has 2 aromatic carbocycles. The zero-order chi connectivity index (χ0) is 17.3. The number of fused-ring (bicyclic) bond motifs is 2. The van der Waals surface area contributed by atoms with Crippen LogP contribution in [0.3, 0.4) is 0 Å². The van der Waals surface area contributed by atoms with Crippen LogP contribution in [-0.4, -0.2) is 6.10 Å². The number of rotatable bonds is 6. The molecule has 130 valence electrons. The average Bonchev–Trinajstić information content (AvgIpc) is 3.21. The first-order valence-corrected chi connectivity index (χ1v) is 9.70. The van der Waals surface area contributed by atoms with Crippen LogP contribution < -0.4 is 0 Å². The molecule has 0 amide bonds. The van der Waals surface area contributed by atoms with Crippen molar-refractivity contribution >= 4 is 0 Å². The summed E-state index contributed by atoms with van der Waals surface area (Å²) in [6, 6.07) is 20.0. The number of ether oxygens (including phenoxy) is 1. The molecule has 2 saturated carbocycles. The van der Waals surface area contributed by atoms with Crippen molar-refractivity contribution in [3.8, 4) is 11.1 Å². The Morgan fingerprint density at radius 3 is 2.52 bits per heavy atom. The maximum absolute atomic E-state index is 5.82. The molecule has 25 heavy (non-hydrogen) atoms. The van der Waals surface area contributed by atoms with E-state index in [1.165, 1.54) is 43.2 Å². The number of hydrogen-bond acceptors (Lipinski definition) is 1. The summed E-state index contributed by atoms with van der Waals surface area (Å²) in [5, 5.41) is 0. The monoisotopic (exact) mass is 332 g/mol. The molecule has 4 atom stereocenters. The third-order valence-corrected chi connectivity index (χ3v) is 6.55. The molecule has 2 aromatic rings. The van der Waals surface area contributed by atoms with Crippen molar-refractivity contribution < 1.29 is 4.74 Å². The summed E-state index contributed by atoms with van der Waals surface area (Å²) in [5.41, 5.74) is 4.64. The molecule has 0 heterocycles. The van der Waals surface area contributed by atoms with Gasteiger partial charge >= 0.3 is 0 Å². The van der Waals surface area contributed by atoms with Gasteiger partial charge in [0.15, 0.2) is 0 Å². The first kappa shape index (κ1) is 16.4. The summed E-state index contributed by atoms with van der Waals surface area (Å²) in [6.07, 6.45) is 8.29. The normalized spacial score (nSPS) is 30.4. The molecule has 0 spiro atoms. The van der Waals surface area contributed by atoms with Gasteiger partial charge in [-0.1, -0.05) is 74.5 Å². The summed E-state index contributed by atoms with van der Waals surface area (Å²) >= 11 is 0. The van der Waals surface area contributed by atoms with Gasteiger partial charge in [-0.15, -0.1) is 0 Å². The van der Waals surface area contributed by atoms with E-state index in [1.807, 2.05) is 0 Å². The van der Waals surface area contributed by atoms with E-state index in [9.17, 15) is 0 Å². The molecule has 0 saturated heterocycles. The molecule has 1 nitrogen and oxygen atoms in total. The quantitative estimate of drug-likeness (QED) is 0.560. The lowest BCUT2D eigenvalue weighted by atomic mass is 9.64. The van der Waals surface area contributed by atoms with Crippen molar-refractivity contribution in [2.45, 2.75) is 50.5 Å². The van der Waals surface area contributed by atoms with E-state index in [2.05, 4.69) is 68.1 Å². The first-order chi connectivity index (χ1) is 12.3. The predicted octanol–water partition coefficient (Wildman–Crippen LogP) is 6.35. The molecule has 4 rings (SSSR count). The van der Waals surface area contributed by atoms with Gasteiger partial charge in [0.1, 0.15) is 6.10 Å².